The molecule has 2 aromatic rings. The fraction of sp³-hybridized carbons (Fsp3) is 0.190. The predicted molar refractivity (Wildman–Crippen MR) is 96.8 cm³/mol. The molecule has 1 N–H and O–H groups in total. The van der Waals surface area contributed by atoms with Gasteiger partial charge in [-0.2, -0.15) is 0 Å². The summed E-state index contributed by atoms with van der Waals surface area (Å²) in [7, 11) is 0. The van der Waals surface area contributed by atoms with Crippen LogP contribution in [0.1, 0.15) is 43.9 Å². The highest BCUT2D eigenvalue weighted by Gasteiger charge is 2.39. The van der Waals surface area contributed by atoms with Gasteiger partial charge in [0.1, 0.15) is 0 Å². The molecule has 1 heterocycles. The molecule has 5 heteroatoms. The van der Waals surface area contributed by atoms with Gasteiger partial charge < -0.3 is 5.32 Å². The molecule has 26 heavy (non-hydrogen) atoms. The number of amides is 3. The highest BCUT2D eigenvalue weighted by molar-refractivity contribution is 6.21. The number of nitrogens with zero attached hydrogens (tertiary/aromatic N) is 1. The molecule has 5 nitrogen and oxygen atoms in total. The van der Waals surface area contributed by atoms with Crippen molar-refractivity contribution in [2.75, 3.05) is 0 Å². The van der Waals surface area contributed by atoms with Crippen LogP contribution in [0, 0.1) is 0 Å². The minimum atomic E-state index is -0.271. The number of carbonyl (C=O) groups excluding carboxylic acids is 3. The quantitative estimate of drug-likeness (QED) is 0.686. The van der Waals surface area contributed by atoms with Crippen LogP contribution in [0.25, 0.3) is 0 Å². The van der Waals surface area contributed by atoms with Crippen molar-refractivity contribution < 1.29 is 14.4 Å². The third kappa shape index (κ3) is 2.81. The minimum Gasteiger partial charge on any atom is -0.346 e. The minimum absolute atomic E-state index is 0.103. The Kier molecular flexibility index (Phi) is 4.13. The monoisotopic (exact) mass is 346 g/mol. The van der Waals surface area contributed by atoms with Gasteiger partial charge in [0.2, 0.25) is 0 Å². The maximum atomic E-state index is 12.6. The van der Waals surface area contributed by atoms with Crippen molar-refractivity contribution in [1.82, 2.24) is 10.2 Å². The molecular formula is C21H18N2O3. The van der Waals surface area contributed by atoms with Crippen LogP contribution in [0.2, 0.25) is 0 Å². The first-order chi connectivity index (χ1) is 12.6. The summed E-state index contributed by atoms with van der Waals surface area (Å²) >= 11 is 0. The lowest BCUT2D eigenvalue weighted by Gasteiger charge is -2.29. The Balaban J connectivity index is 1.45. The number of benzene rings is 2. The van der Waals surface area contributed by atoms with Crippen LogP contribution >= 0.6 is 0 Å². The Morgan fingerprint density at radius 1 is 0.846 bits per heavy atom. The molecular weight excluding hydrogens is 328 g/mol. The second-order valence-corrected chi connectivity index (χ2v) is 6.50. The number of hydrogen-bond donors (Lipinski definition) is 1. The van der Waals surface area contributed by atoms with Crippen molar-refractivity contribution in [1.29, 1.82) is 0 Å². The van der Waals surface area contributed by atoms with Gasteiger partial charge in [0, 0.05) is 11.6 Å². The maximum absolute atomic E-state index is 12.6. The number of fused-ring (bicyclic) bond motifs is 1. The number of rotatable bonds is 3. The van der Waals surface area contributed by atoms with Crippen molar-refractivity contribution in [3.05, 3.63) is 83.4 Å². The lowest BCUT2D eigenvalue weighted by molar-refractivity contribution is 0.0600. The van der Waals surface area contributed by atoms with Gasteiger partial charge >= 0.3 is 0 Å². The van der Waals surface area contributed by atoms with Crippen molar-refractivity contribution in [3.63, 3.8) is 0 Å². The van der Waals surface area contributed by atoms with E-state index in [-0.39, 0.29) is 29.8 Å². The molecule has 1 aliphatic carbocycles. The molecule has 0 aromatic heterocycles. The topological polar surface area (TPSA) is 66.5 Å². The van der Waals surface area contributed by atoms with Crippen LogP contribution in [0.4, 0.5) is 0 Å². The SMILES string of the molecule is O=C(N[C@@H]1C=C[C@H](N2C(=O)c3ccccc3C2=O)CC1)c1ccccc1. The Morgan fingerprint density at radius 2 is 1.46 bits per heavy atom. The fourth-order valence-corrected chi connectivity index (χ4v) is 3.49. The number of imide groups is 1. The van der Waals surface area contributed by atoms with E-state index < -0.39 is 0 Å². The molecule has 3 amide bonds. The van der Waals surface area contributed by atoms with Gasteiger partial charge in [0.25, 0.3) is 17.7 Å². The average molecular weight is 346 g/mol. The predicted octanol–water partition coefficient (Wildman–Crippen LogP) is 2.80. The molecule has 0 spiro atoms. The van der Waals surface area contributed by atoms with E-state index in [2.05, 4.69) is 5.32 Å². The van der Waals surface area contributed by atoms with Crippen LogP contribution in [0.3, 0.4) is 0 Å². The normalized spacial score (nSPS) is 21.6. The Morgan fingerprint density at radius 3 is 2.04 bits per heavy atom. The zero-order valence-electron chi connectivity index (χ0n) is 14.1. The average Bonchev–Trinajstić information content (AvgIpc) is 2.94. The zero-order valence-corrected chi connectivity index (χ0v) is 14.1. The molecule has 0 saturated heterocycles. The van der Waals surface area contributed by atoms with Crippen LogP contribution in [-0.4, -0.2) is 34.7 Å². The van der Waals surface area contributed by atoms with Gasteiger partial charge in [-0.05, 0) is 37.1 Å². The molecule has 2 aliphatic rings. The van der Waals surface area contributed by atoms with Gasteiger partial charge in [0.05, 0.1) is 17.2 Å². The smallest absolute Gasteiger partial charge is 0.262 e. The summed E-state index contributed by atoms with van der Waals surface area (Å²) in [6.07, 6.45) is 5.02. The van der Waals surface area contributed by atoms with Gasteiger partial charge in [-0.1, -0.05) is 42.5 Å². The summed E-state index contributed by atoms with van der Waals surface area (Å²) in [6, 6.07) is 15.6. The van der Waals surface area contributed by atoms with E-state index in [1.807, 2.05) is 30.4 Å². The molecule has 130 valence electrons. The summed E-state index contributed by atoms with van der Waals surface area (Å²) in [6.45, 7) is 0. The van der Waals surface area contributed by atoms with Crippen molar-refractivity contribution in [2.45, 2.75) is 24.9 Å². The van der Waals surface area contributed by atoms with Crippen molar-refractivity contribution in [3.8, 4) is 0 Å². The first-order valence-electron chi connectivity index (χ1n) is 8.66. The Hall–Kier alpha value is -3.21. The van der Waals surface area contributed by atoms with Gasteiger partial charge in [-0.3, -0.25) is 19.3 Å². The van der Waals surface area contributed by atoms with Crippen LogP contribution in [0.15, 0.2) is 66.7 Å². The standard InChI is InChI=1S/C21H18N2O3/c24-19(14-6-2-1-3-7-14)22-15-10-12-16(13-11-15)23-20(25)17-8-4-5-9-18(17)21(23)26/h1-10,12,15-16H,11,13H2,(H,22,24)/t15-,16+/m1/s1. The molecule has 0 saturated carbocycles. The second kappa shape index (κ2) is 6.59. The third-order valence-electron chi connectivity index (χ3n) is 4.85. The van der Waals surface area contributed by atoms with E-state index in [9.17, 15) is 14.4 Å². The molecule has 0 radical (unpaired) electrons. The molecule has 0 bridgehead atoms. The third-order valence-corrected chi connectivity index (χ3v) is 4.85. The summed E-state index contributed by atoms with van der Waals surface area (Å²) in [5, 5.41) is 2.97. The first-order valence-corrected chi connectivity index (χ1v) is 8.66. The second-order valence-electron chi connectivity index (χ2n) is 6.50. The summed E-state index contributed by atoms with van der Waals surface area (Å²) in [4.78, 5) is 38.7. The van der Waals surface area contributed by atoms with Crippen molar-refractivity contribution in [2.24, 2.45) is 0 Å². The number of nitrogens with one attached hydrogen (secondary N) is 1. The number of carbonyl (C=O) groups is 3. The van der Waals surface area contributed by atoms with E-state index >= 15 is 0 Å². The lowest BCUT2D eigenvalue weighted by atomic mass is 9.97. The summed E-state index contributed by atoms with van der Waals surface area (Å²) in [5.74, 6) is -0.613. The van der Waals surface area contributed by atoms with Gasteiger partial charge in [0.15, 0.2) is 0 Å². The van der Waals surface area contributed by atoms with E-state index in [0.29, 0.717) is 29.5 Å². The van der Waals surface area contributed by atoms with Gasteiger partial charge in [-0.25, -0.2) is 0 Å². The van der Waals surface area contributed by atoms with Crippen LogP contribution in [0.5, 0.6) is 0 Å². The molecule has 4 rings (SSSR count). The van der Waals surface area contributed by atoms with Crippen molar-refractivity contribution >= 4 is 17.7 Å². The number of hydrogen-bond acceptors (Lipinski definition) is 3. The summed E-state index contributed by atoms with van der Waals surface area (Å²) in [5.41, 5.74) is 1.54. The molecule has 2 atom stereocenters. The molecule has 1 aliphatic heterocycles. The Labute approximate surface area is 151 Å². The fourth-order valence-electron chi connectivity index (χ4n) is 3.49. The van der Waals surface area contributed by atoms with Gasteiger partial charge in [-0.15, -0.1) is 0 Å². The molecule has 0 fully saturated rings. The lowest BCUT2D eigenvalue weighted by Crippen LogP contribution is -2.43. The highest BCUT2D eigenvalue weighted by atomic mass is 16.2. The first kappa shape index (κ1) is 16.3. The van der Waals surface area contributed by atoms with E-state index in [0.717, 1.165) is 0 Å². The molecule has 2 aromatic carbocycles. The van der Waals surface area contributed by atoms with E-state index in [4.69, 9.17) is 0 Å². The Bertz CT molecular complexity index is 869. The zero-order chi connectivity index (χ0) is 18.1. The van der Waals surface area contributed by atoms with Crippen LogP contribution < -0.4 is 5.32 Å². The maximum Gasteiger partial charge on any atom is 0.262 e. The summed E-state index contributed by atoms with van der Waals surface area (Å²) < 4.78 is 0. The largest absolute Gasteiger partial charge is 0.346 e. The highest BCUT2D eigenvalue weighted by Crippen LogP contribution is 2.28. The van der Waals surface area contributed by atoms with Crippen LogP contribution in [-0.2, 0) is 0 Å². The van der Waals surface area contributed by atoms with E-state index in [1.165, 1.54) is 4.90 Å². The molecule has 0 unspecified atom stereocenters. The van der Waals surface area contributed by atoms with E-state index in [1.54, 1.807) is 36.4 Å².